The molecule has 3 aliphatic rings. The fraction of sp³-hybridized carbons (Fsp3) is 0.553. The molecular formula is C38H50O6. The van der Waals surface area contributed by atoms with Crippen molar-refractivity contribution in [1.29, 1.82) is 0 Å². The number of Topliss-reactive ketones (excluding diaryl/α,β-unsaturated/α-hetero) is 3. The van der Waals surface area contributed by atoms with Gasteiger partial charge in [-0.1, -0.05) is 77.5 Å². The number of aliphatic hydroxyl groups is 1. The van der Waals surface area contributed by atoms with Gasteiger partial charge in [0.25, 0.3) is 0 Å². The van der Waals surface area contributed by atoms with E-state index < -0.39 is 45.1 Å². The molecule has 0 aliphatic heterocycles. The quantitative estimate of drug-likeness (QED) is 0.0689. The van der Waals surface area contributed by atoms with E-state index in [9.17, 15) is 24.9 Å². The lowest BCUT2D eigenvalue weighted by Crippen LogP contribution is -2.70. The average Bonchev–Trinajstić information content (AvgIpc) is 2.91. The van der Waals surface area contributed by atoms with E-state index in [1.165, 1.54) is 12.1 Å². The van der Waals surface area contributed by atoms with Crippen LogP contribution in [0.2, 0.25) is 0 Å². The van der Waals surface area contributed by atoms with Crippen molar-refractivity contribution in [3.63, 3.8) is 0 Å². The van der Waals surface area contributed by atoms with Crippen LogP contribution >= 0.6 is 0 Å². The van der Waals surface area contributed by atoms with Crippen LogP contribution in [0.15, 0.2) is 59.7 Å². The number of allylic oxidation sites excluding steroid dienone is 6. The third-order valence-electron chi connectivity index (χ3n) is 11.4. The van der Waals surface area contributed by atoms with Crippen LogP contribution in [-0.2, 0) is 14.4 Å². The highest BCUT2D eigenvalue weighted by molar-refractivity contribution is 6.41. The predicted octanol–water partition coefficient (Wildman–Crippen LogP) is 8.30. The Bertz CT molecular complexity index is 1500. The molecule has 2 bridgehead atoms. The highest BCUT2D eigenvalue weighted by atomic mass is 16.3. The highest BCUT2D eigenvalue weighted by Gasteiger charge is 2.74. The summed E-state index contributed by atoms with van der Waals surface area (Å²) in [6.45, 7) is 22.4. The molecule has 3 fully saturated rings. The van der Waals surface area contributed by atoms with Crippen molar-refractivity contribution in [3.05, 3.63) is 65.3 Å². The second-order valence-corrected chi connectivity index (χ2v) is 15.4. The minimum Gasteiger partial charge on any atom is -0.506 e. The lowest BCUT2D eigenvalue weighted by Gasteiger charge is -2.62. The lowest BCUT2D eigenvalue weighted by molar-refractivity contribution is -0.178. The van der Waals surface area contributed by atoms with Crippen LogP contribution in [0.4, 0.5) is 0 Å². The van der Waals surface area contributed by atoms with Gasteiger partial charge in [0.2, 0.25) is 0 Å². The Kier molecular flexibility index (Phi) is 8.51. The number of phenolic OH excluding ortho intramolecular Hbond substituents is 2. The number of benzene rings is 1. The molecule has 3 saturated carbocycles. The topological polar surface area (TPSA) is 112 Å². The number of ketones is 3. The molecule has 0 amide bonds. The van der Waals surface area contributed by atoms with Crippen LogP contribution in [0.25, 0.3) is 5.76 Å². The third kappa shape index (κ3) is 4.89. The van der Waals surface area contributed by atoms with Crippen molar-refractivity contribution in [2.75, 3.05) is 0 Å². The van der Waals surface area contributed by atoms with Gasteiger partial charge >= 0.3 is 0 Å². The van der Waals surface area contributed by atoms with Crippen molar-refractivity contribution < 1.29 is 29.7 Å². The number of rotatable bonds is 8. The molecule has 0 radical (unpaired) electrons. The Morgan fingerprint density at radius 1 is 1.02 bits per heavy atom. The molecule has 5 atom stereocenters. The maximum absolute atomic E-state index is 15.2. The van der Waals surface area contributed by atoms with E-state index >= 15 is 4.79 Å². The summed E-state index contributed by atoms with van der Waals surface area (Å²) in [6.07, 6.45) is 7.52. The minimum atomic E-state index is -1.60. The molecule has 0 unspecified atom stereocenters. The highest BCUT2D eigenvalue weighted by Crippen LogP contribution is 2.68. The number of carbonyl (C=O) groups is 3. The Balaban J connectivity index is 2.05. The first-order valence-corrected chi connectivity index (χ1v) is 15.8. The molecular weight excluding hydrogens is 552 g/mol. The van der Waals surface area contributed by atoms with Gasteiger partial charge in [-0.3, -0.25) is 14.4 Å². The molecule has 0 saturated heterocycles. The normalized spacial score (nSPS) is 32.0. The van der Waals surface area contributed by atoms with Crippen LogP contribution in [0, 0.1) is 45.3 Å². The first kappa shape index (κ1) is 33.5. The summed E-state index contributed by atoms with van der Waals surface area (Å²) in [5.74, 6) is -2.83. The lowest BCUT2D eigenvalue weighted by atomic mass is 9.37. The van der Waals surface area contributed by atoms with Crippen LogP contribution in [0.5, 0.6) is 11.5 Å². The van der Waals surface area contributed by atoms with Gasteiger partial charge in [-0.2, -0.15) is 0 Å². The van der Waals surface area contributed by atoms with Gasteiger partial charge in [0.1, 0.15) is 16.7 Å². The number of hydrogen-bond donors (Lipinski definition) is 3. The second kappa shape index (κ2) is 11.2. The van der Waals surface area contributed by atoms with Crippen molar-refractivity contribution >= 4 is 23.1 Å². The Hall–Kier alpha value is -3.41. The molecule has 4 rings (SSSR count). The van der Waals surface area contributed by atoms with Gasteiger partial charge in [-0.05, 0) is 99.2 Å². The minimum absolute atomic E-state index is 0.0253. The summed E-state index contributed by atoms with van der Waals surface area (Å²) in [7, 11) is 0. The van der Waals surface area contributed by atoms with Gasteiger partial charge < -0.3 is 15.3 Å². The summed E-state index contributed by atoms with van der Waals surface area (Å²) in [4.78, 5) is 45.0. The standard InChI is InChI=1S/C38H50O6/c1-21(2)11-13-25-19-37(20-26-18-27(23(5)6)35(26,7)8)32(42)30(31(41)24-12-14-28(39)29(40)17-24)33(43)38(34(37)44,36(25,9)10)16-15-22(3)4/h11-15,17,21,25-27,39-41H,5,16,18-20H2,1-4,6-10H3/b13-11+,31-30+/t25-,26+,27-,37-,38-/m1/s1. The first-order valence-electron chi connectivity index (χ1n) is 15.8. The van der Waals surface area contributed by atoms with E-state index in [0.717, 1.165) is 23.6 Å². The van der Waals surface area contributed by atoms with Crippen molar-refractivity contribution in [3.8, 4) is 11.5 Å². The van der Waals surface area contributed by atoms with E-state index in [4.69, 9.17) is 0 Å². The molecule has 0 aromatic heterocycles. The molecule has 238 valence electrons. The maximum Gasteiger partial charge on any atom is 0.184 e. The largest absolute Gasteiger partial charge is 0.506 e. The summed E-state index contributed by atoms with van der Waals surface area (Å²) in [5.41, 5.74) is -2.55. The van der Waals surface area contributed by atoms with Gasteiger partial charge in [0.05, 0.1) is 5.41 Å². The van der Waals surface area contributed by atoms with Crippen molar-refractivity contribution in [2.24, 2.45) is 45.3 Å². The number of fused-ring (bicyclic) bond motifs is 2. The van der Waals surface area contributed by atoms with Crippen LogP contribution in [-0.4, -0.2) is 32.7 Å². The molecule has 44 heavy (non-hydrogen) atoms. The molecule has 0 heterocycles. The summed E-state index contributed by atoms with van der Waals surface area (Å²) in [6, 6.07) is 3.68. The van der Waals surface area contributed by atoms with Gasteiger partial charge in [0.15, 0.2) is 28.8 Å². The van der Waals surface area contributed by atoms with Gasteiger partial charge in [-0.25, -0.2) is 0 Å². The molecule has 3 N–H and O–H groups in total. The van der Waals surface area contributed by atoms with E-state index in [0.29, 0.717) is 0 Å². The zero-order valence-corrected chi connectivity index (χ0v) is 27.9. The number of phenols is 2. The number of aromatic hydroxyl groups is 2. The molecule has 6 heteroatoms. The van der Waals surface area contributed by atoms with Crippen LogP contribution in [0.1, 0.15) is 93.6 Å². The SMILES string of the molecule is C=C(C)[C@H]1C[C@@H](C[C@]23C[C@@H](/C=C/C(C)C)C(C)(C)[C@](CC=C(C)C)(C(=O)/C(=C(/O)c4ccc(O)c(O)c4)C2=O)C3=O)C1(C)C. The zero-order chi connectivity index (χ0) is 33.2. The monoisotopic (exact) mass is 602 g/mol. The number of hydrogen-bond acceptors (Lipinski definition) is 6. The van der Waals surface area contributed by atoms with Gasteiger partial charge in [-0.15, -0.1) is 0 Å². The molecule has 3 aliphatic carbocycles. The van der Waals surface area contributed by atoms with Crippen molar-refractivity contribution in [2.45, 2.75) is 88.0 Å². The van der Waals surface area contributed by atoms with E-state index in [2.05, 4.69) is 46.4 Å². The second-order valence-electron chi connectivity index (χ2n) is 15.4. The summed E-state index contributed by atoms with van der Waals surface area (Å²) in [5, 5.41) is 31.8. The Morgan fingerprint density at radius 2 is 1.66 bits per heavy atom. The van der Waals surface area contributed by atoms with Gasteiger partial charge in [0, 0.05) is 5.56 Å². The number of aliphatic hydroxyl groups excluding tert-OH is 1. The summed E-state index contributed by atoms with van der Waals surface area (Å²) >= 11 is 0. The zero-order valence-electron chi connectivity index (χ0n) is 27.9. The molecule has 1 aromatic rings. The fourth-order valence-corrected chi connectivity index (χ4v) is 8.28. The Morgan fingerprint density at radius 3 is 2.18 bits per heavy atom. The smallest absolute Gasteiger partial charge is 0.184 e. The maximum atomic E-state index is 15.2. The predicted molar refractivity (Wildman–Crippen MR) is 174 cm³/mol. The summed E-state index contributed by atoms with van der Waals surface area (Å²) < 4.78 is 0. The fourth-order valence-electron chi connectivity index (χ4n) is 8.28. The molecule has 0 spiro atoms. The molecule has 6 nitrogen and oxygen atoms in total. The Labute approximate surface area is 262 Å². The van der Waals surface area contributed by atoms with E-state index in [1.54, 1.807) is 0 Å². The number of carbonyl (C=O) groups excluding carboxylic acids is 3. The van der Waals surface area contributed by atoms with Crippen molar-refractivity contribution in [1.82, 2.24) is 0 Å². The molecule has 1 aromatic carbocycles. The third-order valence-corrected chi connectivity index (χ3v) is 11.4. The van der Waals surface area contributed by atoms with E-state index in [1.807, 2.05) is 40.7 Å². The average molecular weight is 603 g/mol. The van der Waals surface area contributed by atoms with E-state index in [-0.39, 0.29) is 65.3 Å². The first-order chi connectivity index (χ1) is 20.3. The van der Waals surface area contributed by atoms with Crippen LogP contribution < -0.4 is 0 Å². The van der Waals surface area contributed by atoms with Crippen LogP contribution in [0.3, 0.4) is 0 Å².